The largest absolute Gasteiger partial charge is 0.334 e. The summed E-state index contributed by atoms with van der Waals surface area (Å²) in [6.45, 7) is 5.53. The zero-order chi connectivity index (χ0) is 17.6. The summed E-state index contributed by atoms with van der Waals surface area (Å²) < 4.78 is 1.74. The van der Waals surface area contributed by atoms with Crippen molar-refractivity contribution in [2.24, 2.45) is 5.92 Å². The van der Waals surface area contributed by atoms with E-state index in [1.165, 1.54) is 31.2 Å². The topological polar surface area (TPSA) is 63.1 Å². The number of rotatable bonds is 7. The van der Waals surface area contributed by atoms with E-state index in [9.17, 15) is 4.79 Å². The first-order chi connectivity index (χ1) is 12.1. The summed E-state index contributed by atoms with van der Waals surface area (Å²) in [6, 6.07) is 10.3. The van der Waals surface area contributed by atoms with Gasteiger partial charge >= 0.3 is 6.03 Å². The molecule has 0 radical (unpaired) electrons. The van der Waals surface area contributed by atoms with Gasteiger partial charge in [-0.25, -0.2) is 9.78 Å². The Morgan fingerprint density at radius 2 is 2.08 bits per heavy atom. The molecule has 0 unspecified atom stereocenters. The maximum absolute atomic E-state index is 12.9. The Bertz CT molecular complexity index is 654. The van der Waals surface area contributed by atoms with Crippen LogP contribution in [-0.2, 0) is 6.54 Å². The van der Waals surface area contributed by atoms with Gasteiger partial charge in [0.15, 0.2) is 0 Å². The van der Waals surface area contributed by atoms with Gasteiger partial charge in [0.25, 0.3) is 0 Å². The molecule has 1 saturated carbocycles. The molecule has 1 aliphatic carbocycles. The van der Waals surface area contributed by atoms with Crippen LogP contribution in [0.15, 0.2) is 43.0 Å². The molecule has 1 aliphatic rings. The second-order valence-electron chi connectivity index (χ2n) is 7.00. The lowest BCUT2D eigenvalue weighted by molar-refractivity contribution is 0.142. The van der Waals surface area contributed by atoms with E-state index in [1.807, 2.05) is 30.0 Å². The molecule has 2 amide bonds. The second-order valence-corrected chi connectivity index (χ2v) is 7.00. The fourth-order valence-electron chi connectivity index (χ4n) is 3.23. The molecule has 1 heterocycles. The highest BCUT2D eigenvalue weighted by Crippen LogP contribution is 2.30. The van der Waals surface area contributed by atoms with Gasteiger partial charge < -0.3 is 10.2 Å². The van der Waals surface area contributed by atoms with Crippen molar-refractivity contribution in [3.8, 4) is 0 Å². The van der Waals surface area contributed by atoms with Gasteiger partial charge in [-0.05, 0) is 38.2 Å². The highest BCUT2D eigenvalue weighted by molar-refractivity contribution is 5.75. The van der Waals surface area contributed by atoms with Crippen LogP contribution in [0.25, 0.3) is 0 Å². The first kappa shape index (κ1) is 17.5. The van der Waals surface area contributed by atoms with Crippen molar-refractivity contribution in [3.63, 3.8) is 0 Å². The second kappa shape index (κ2) is 8.14. The SMILES string of the molecule is C[C@@H](Cn1cncn1)NC(=O)N(CC1CCC1)[C@@H](C)c1ccccc1. The van der Waals surface area contributed by atoms with E-state index in [1.54, 1.807) is 11.0 Å². The number of hydrogen-bond acceptors (Lipinski definition) is 3. The van der Waals surface area contributed by atoms with Gasteiger partial charge in [0, 0.05) is 12.6 Å². The minimum Gasteiger partial charge on any atom is -0.334 e. The number of hydrogen-bond donors (Lipinski definition) is 1. The molecule has 1 fully saturated rings. The Kier molecular flexibility index (Phi) is 5.68. The van der Waals surface area contributed by atoms with E-state index in [2.05, 4.69) is 34.5 Å². The van der Waals surface area contributed by atoms with Crippen molar-refractivity contribution in [2.45, 2.75) is 51.7 Å². The number of aromatic nitrogens is 3. The maximum Gasteiger partial charge on any atom is 0.318 e. The third-order valence-electron chi connectivity index (χ3n) is 4.99. The first-order valence-corrected chi connectivity index (χ1v) is 9.08. The Morgan fingerprint density at radius 3 is 2.68 bits per heavy atom. The smallest absolute Gasteiger partial charge is 0.318 e. The van der Waals surface area contributed by atoms with Gasteiger partial charge in [-0.2, -0.15) is 5.10 Å². The van der Waals surface area contributed by atoms with Crippen molar-refractivity contribution in [1.29, 1.82) is 0 Å². The molecule has 134 valence electrons. The van der Waals surface area contributed by atoms with Gasteiger partial charge in [0.05, 0.1) is 12.6 Å². The molecule has 25 heavy (non-hydrogen) atoms. The van der Waals surface area contributed by atoms with E-state index >= 15 is 0 Å². The van der Waals surface area contributed by atoms with E-state index in [4.69, 9.17) is 0 Å². The predicted molar refractivity (Wildman–Crippen MR) is 96.9 cm³/mol. The number of nitrogens with one attached hydrogen (secondary N) is 1. The van der Waals surface area contributed by atoms with Crippen molar-refractivity contribution < 1.29 is 4.79 Å². The van der Waals surface area contributed by atoms with E-state index in [0.29, 0.717) is 12.5 Å². The molecule has 1 aromatic heterocycles. The predicted octanol–water partition coefficient (Wildman–Crippen LogP) is 3.24. The maximum atomic E-state index is 12.9. The number of benzene rings is 1. The first-order valence-electron chi connectivity index (χ1n) is 9.08. The van der Waals surface area contributed by atoms with Gasteiger partial charge in [-0.15, -0.1) is 0 Å². The van der Waals surface area contributed by atoms with Crippen molar-refractivity contribution in [1.82, 2.24) is 25.0 Å². The third kappa shape index (κ3) is 4.59. The summed E-state index contributed by atoms with van der Waals surface area (Å²) in [5.74, 6) is 0.627. The molecule has 0 bridgehead atoms. The standard InChI is InChI=1S/C19H27N5O/c1-15(11-23-14-20-13-21-23)22-19(25)24(12-17-7-6-8-17)16(2)18-9-4-3-5-10-18/h3-5,9-10,13-17H,6-8,11-12H2,1-2H3,(H,22,25)/t15-,16-/m0/s1. The Hall–Kier alpha value is -2.37. The number of amides is 2. The molecule has 3 rings (SSSR count). The third-order valence-corrected chi connectivity index (χ3v) is 4.99. The molecular weight excluding hydrogens is 314 g/mol. The molecule has 6 heteroatoms. The van der Waals surface area contributed by atoms with Crippen LogP contribution >= 0.6 is 0 Å². The van der Waals surface area contributed by atoms with Crippen LogP contribution in [0.3, 0.4) is 0 Å². The van der Waals surface area contributed by atoms with Crippen LogP contribution in [0, 0.1) is 5.92 Å². The van der Waals surface area contributed by atoms with Crippen molar-refractivity contribution >= 4 is 6.03 Å². The van der Waals surface area contributed by atoms with Crippen LogP contribution in [0.4, 0.5) is 4.79 Å². The highest BCUT2D eigenvalue weighted by atomic mass is 16.2. The van der Waals surface area contributed by atoms with Crippen LogP contribution in [0.2, 0.25) is 0 Å². The lowest BCUT2D eigenvalue weighted by atomic mass is 9.84. The fourth-order valence-corrected chi connectivity index (χ4v) is 3.23. The molecule has 1 aromatic carbocycles. The average Bonchev–Trinajstić information content (AvgIpc) is 3.06. The van der Waals surface area contributed by atoms with E-state index < -0.39 is 0 Å². The molecular formula is C19H27N5O. The number of urea groups is 1. The zero-order valence-electron chi connectivity index (χ0n) is 15.0. The molecule has 0 spiro atoms. The minimum atomic E-state index is -0.0129. The van der Waals surface area contributed by atoms with Crippen LogP contribution < -0.4 is 5.32 Å². The van der Waals surface area contributed by atoms with E-state index in [0.717, 1.165) is 6.54 Å². The van der Waals surface area contributed by atoms with Gasteiger partial charge in [0.2, 0.25) is 0 Å². The zero-order valence-corrected chi connectivity index (χ0v) is 15.0. The summed E-state index contributed by atoms with van der Waals surface area (Å²) in [7, 11) is 0. The molecule has 2 atom stereocenters. The number of carbonyl (C=O) groups is 1. The molecule has 1 N–H and O–H groups in total. The monoisotopic (exact) mass is 341 g/mol. The summed E-state index contributed by atoms with van der Waals surface area (Å²) in [5.41, 5.74) is 1.17. The molecule has 6 nitrogen and oxygen atoms in total. The summed E-state index contributed by atoms with van der Waals surface area (Å²) in [4.78, 5) is 18.9. The average molecular weight is 341 g/mol. The lowest BCUT2D eigenvalue weighted by Gasteiger charge is -2.37. The Balaban J connectivity index is 1.65. The van der Waals surface area contributed by atoms with Crippen molar-refractivity contribution in [3.05, 3.63) is 48.5 Å². The van der Waals surface area contributed by atoms with Crippen LogP contribution in [0.5, 0.6) is 0 Å². The lowest BCUT2D eigenvalue weighted by Crippen LogP contribution is -2.48. The van der Waals surface area contributed by atoms with Gasteiger partial charge in [0.1, 0.15) is 12.7 Å². The summed E-state index contributed by atoms with van der Waals surface area (Å²) in [5, 5.41) is 7.22. The Morgan fingerprint density at radius 1 is 1.32 bits per heavy atom. The van der Waals surface area contributed by atoms with Crippen LogP contribution in [-0.4, -0.2) is 38.3 Å². The molecule has 2 aromatic rings. The molecule has 0 aliphatic heterocycles. The minimum absolute atomic E-state index is 0.00383. The normalized spacial score (nSPS) is 16.7. The molecule has 0 saturated heterocycles. The van der Waals surface area contributed by atoms with E-state index in [-0.39, 0.29) is 18.1 Å². The van der Waals surface area contributed by atoms with Crippen LogP contribution in [0.1, 0.15) is 44.7 Å². The number of nitrogens with zero attached hydrogens (tertiary/aromatic N) is 4. The summed E-state index contributed by atoms with van der Waals surface area (Å²) in [6.07, 6.45) is 6.90. The quantitative estimate of drug-likeness (QED) is 0.841. The highest BCUT2D eigenvalue weighted by Gasteiger charge is 2.28. The van der Waals surface area contributed by atoms with Crippen molar-refractivity contribution in [2.75, 3.05) is 6.54 Å². The van der Waals surface area contributed by atoms with Gasteiger partial charge in [-0.3, -0.25) is 4.68 Å². The fraction of sp³-hybridized carbons (Fsp3) is 0.526. The number of carbonyl (C=O) groups excluding carboxylic acids is 1. The Labute approximate surface area is 149 Å². The van der Waals surface area contributed by atoms with Gasteiger partial charge in [-0.1, -0.05) is 36.8 Å². The summed E-state index contributed by atoms with van der Waals surface area (Å²) >= 11 is 0.